The summed E-state index contributed by atoms with van der Waals surface area (Å²) in [6.45, 7) is 0. The highest BCUT2D eigenvalue weighted by Gasteiger charge is 2.02. The number of aromatic amines is 2. The molecule has 5 heterocycles. The summed E-state index contributed by atoms with van der Waals surface area (Å²) in [7, 11) is -3.67. The van der Waals surface area contributed by atoms with Crippen LogP contribution in [0.25, 0.3) is 46.4 Å². The van der Waals surface area contributed by atoms with Crippen LogP contribution in [0.15, 0.2) is 48.5 Å². The molecule has 9 heteroatoms. The van der Waals surface area contributed by atoms with Gasteiger partial charge in [-0.2, -0.15) is 8.42 Å². The fourth-order valence-electron chi connectivity index (χ4n) is 2.94. The average Bonchev–Trinajstić information content (AvgIpc) is 3.38. The number of hydrogen-bond donors (Lipinski definition) is 4. The molecule has 0 fully saturated rings. The fourth-order valence-corrected chi connectivity index (χ4v) is 2.94. The number of H-pyrrole nitrogens is 2. The third-order valence-corrected chi connectivity index (χ3v) is 4.04. The molecule has 0 aliphatic carbocycles. The van der Waals surface area contributed by atoms with Crippen molar-refractivity contribution in [2.24, 2.45) is 10.3 Å². The summed E-state index contributed by atoms with van der Waals surface area (Å²) in [6, 6.07) is 16.4. The van der Waals surface area contributed by atoms with Crippen molar-refractivity contribution in [1.29, 1.82) is 0 Å². The third-order valence-electron chi connectivity index (χ3n) is 4.04. The van der Waals surface area contributed by atoms with Crippen LogP contribution in [0.1, 0.15) is 22.8 Å². The Labute approximate surface area is 166 Å². The Morgan fingerprint density at radius 3 is 1.28 bits per heavy atom. The molecule has 146 valence electrons. The molecule has 8 nitrogen and oxygen atoms in total. The standard InChI is InChI=1S/C20H14N4.H4N2O2S/c1-2-14-10-16-5-6-18(23-16)12-20-8-7-19(24-20)11-17-4-3-15(22-17)9-13(1)21-14;1-5(2,3)4/h1-12,21-22H;(H4,1,2,3,4). The van der Waals surface area contributed by atoms with Gasteiger partial charge in [-0.3, -0.25) is 0 Å². The van der Waals surface area contributed by atoms with E-state index in [4.69, 9.17) is 0 Å². The van der Waals surface area contributed by atoms with Crippen molar-refractivity contribution >= 4 is 56.6 Å². The number of nitrogens with one attached hydrogen (secondary N) is 2. The first-order chi connectivity index (χ1) is 13.8. The highest BCUT2D eigenvalue weighted by molar-refractivity contribution is 7.86. The highest BCUT2D eigenvalue weighted by Crippen LogP contribution is 2.17. The second-order valence-electron chi connectivity index (χ2n) is 6.49. The van der Waals surface area contributed by atoms with Crippen molar-refractivity contribution in [1.82, 2.24) is 19.9 Å². The maximum Gasteiger partial charge on any atom is 0.271 e. The SMILES string of the molecule is C1=Cc2cc3ccc(cc4ccc(cc5nc(cc1n2)C=C5)[nH]4)[nH]3.NS(N)(=O)=O. The minimum absolute atomic E-state index is 0.915. The molecule has 0 aromatic carbocycles. The maximum atomic E-state index is 9.19. The van der Waals surface area contributed by atoms with E-state index in [2.05, 4.69) is 60.5 Å². The number of nitrogens with zero attached hydrogens (tertiary/aromatic N) is 2. The van der Waals surface area contributed by atoms with Crippen LogP contribution in [-0.4, -0.2) is 28.4 Å². The Bertz CT molecular complexity index is 1300. The molecule has 5 rings (SSSR count). The van der Waals surface area contributed by atoms with E-state index < -0.39 is 10.2 Å². The molecule has 0 radical (unpaired) electrons. The lowest BCUT2D eigenvalue weighted by Crippen LogP contribution is -2.21. The molecule has 6 N–H and O–H groups in total. The second kappa shape index (κ2) is 7.47. The van der Waals surface area contributed by atoms with Gasteiger partial charge < -0.3 is 9.97 Å². The van der Waals surface area contributed by atoms with Gasteiger partial charge in [0.15, 0.2) is 0 Å². The summed E-state index contributed by atoms with van der Waals surface area (Å²) >= 11 is 0. The molecule has 2 aliphatic heterocycles. The molecule has 3 aromatic heterocycles. The first-order valence-corrected chi connectivity index (χ1v) is 10.3. The van der Waals surface area contributed by atoms with Gasteiger partial charge in [0.05, 0.1) is 22.8 Å². The molecule has 0 saturated carbocycles. The summed E-state index contributed by atoms with van der Waals surface area (Å²) in [6.07, 6.45) is 8.05. The van der Waals surface area contributed by atoms with Crippen LogP contribution in [0.4, 0.5) is 0 Å². The van der Waals surface area contributed by atoms with Gasteiger partial charge >= 0.3 is 0 Å². The number of hydrogen-bond acceptors (Lipinski definition) is 4. The molecule has 0 amide bonds. The van der Waals surface area contributed by atoms with Gasteiger partial charge in [-0.1, -0.05) is 0 Å². The largest absolute Gasteiger partial charge is 0.355 e. The number of rotatable bonds is 0. The van der Waals surface area contributed by atoms with Crippen LogP contribution in [0.5, 0.6) is 0 Å². The normalized spacial score (nSPS) is 12.5. The van der Waals surface area contributed by atoms with E-state index in [9.17, 15) is 8.42 Å². The molecular weight excluding hydrogens is 388 g/mol. The lowest BCUT2D eigenvalue weighted by molar-refractivity contribution is 0.599. The van der Waals surface area contributed by atoms with Crippen molar-refractivity contribution in [3.8, 4) is 0 Å². The summed E-state index contributed by atoms with van der Waals surface area (Å²) in [5.41, 5.74) is 7.86. The predicted octanol–water partition coefficient (Wildman–Crippen LogP) is 2.80. The van der Waals surface area contributed by atoms with Gasteiger partial charge in [0.1, 0.15) is 0 Å². The van der Waals surface area contributed by atoms with E-state index in [1.54, 1.807) is 0 Å². The lowest BCUT2D eigenvalue weighted by Gasteiger charge is -1.86. The van der Waals surface area contributed by atoms with Crippen molar-refractivity contribution in [3.05, 3.63) is 71.3 Å². The monoisotopic (exact) mass is 406 g/mol. The smallest absolute Gasteiger partial charge is 0.271 e. The summed E-state index contributed by atoms with van der Waals surface area (Å²) in [5, 5.41) is 8.21. The Morgan fingerprint density at radius 1 is 0.586 bits per heavy atom. The Hall–Kier alpha value is -3.53. The van der Waals surface area contributed by atoms with E-state index in [-0.39, 0.29) is 0 Å². The predicted molar refractivity (Wildman–Crippen MR) is 116 cm³/mol. The van der Waals surface area contributed by atoms with Crippen molar-refractivity contribution in [3.63, 3.8) is 0 Å². The van der Waals surface area contributed by atoms with Gasteiger partial charge in [0.2, 0.25) is 0 Å². The van der Waals surface area contributed by atoms with Crippen LogP contribution in [0.3, 0.4) is 0 Å². The summed E-state index contributed by atoms with van der Waals surface area (Å²) in [5.74, 6) is 0. The van der Waals surface area contributed by atoms with Crippen molar-refractivity contribution in [2.45, 2.75) is 0 Å². The Balaban J connectivity index is 0.000000369. The summed E-state index contributed by atoms with van der Waals surface area (Å²) < 4.78 is 18.4. The molecule has 0 saturated heterocycles. The van der Waals surface area contributed by atoms with Crippen LogP contribution < -0.4 is 10.3 Å². The topological polar surface area (TPSA) is 144 Å². The zero-order valence-corrected chi connectivity index (χ0v) is 16.0. The quantitative estimate of drug-likeness (QED) is 0.313. The zero-order valence-electron chi connectivity index (χ0n) is 15.2. The van der Waals surface area contributed by atoms with Crippen LogP contribution in [0.2, 0.25) is 0 Å². The molecule has 0 unspecified atom stereocenters. The molecule has 29 heavy (non-hydrogen) atoms. The third kappa shape index (κ3) is 5.26. The minimum atomic E-state index is -3.67. The summed E-state index contributed by atoms with van der Waals surface area (Å²) in [4.78, 5) is 16.0. The number of aromatic nitrogens is 4. The highest BCUT2D eigenvalue weighted by atomic mass is 32.2. The van der Waals surface area contributed by atoms with Gasteiger partial charge in [-0.05, 0) is 72.8 Å². The molecule has 3 aromatic rings. The number of fused-ring (bicyclic) bond motifs is 8. The van der Waals surface area contributed by atoms with Gasteiger partial charge in [-0.25, -0.2) is 20.2 Å². The molecule has 0 spiro atoms. The fraction of sp³-hybridized carbons (Fsp3) is 0. The number of nitrogens with two attached hydrogens (primary N) is 2. The van der Waals surface area contributed by atoms with Crippen LogP contribution >= 0.6 is 0 Å². The van der Waals surface area contributed by atoms with Crippen molar-refractivity contribution in [2.75, 3.05) is 0 Å². The van der Waals surface area contributed by atoms with E-state index in [1.165, 1.54) is 0 Å². The first kappa shape index (κ1) is 18.8. The van der Waals surface area contributed by atoms with E-state index in [0.717, 1.165) is 44.8 Å². The van der Waals surface area contributed by atoms with Crippen LogP contribution in [0, 0.1) is 0 Å². The van der Waals surface area contributed by atoms with E-state index in [0.29, 0.717) is 0 Å². The zero-order chi connectivity index (χ0) is 20.4. The Kier molecular flexibility index (Phi) is 4.85. The van der Waals surface area contributed by atoms with Gasteiger partial charge in [0, 0.05) is 22.1 Å². The molecule has 0 atom stereocenters. The average molecular weight is 406 g/mol. The molecular formula is C20H18N6O2S. The molecule has 2 aliphatic rings. The van der Waals surface area contributed by atoms with Crippen LogP contribution in [-0.2, 0) is 10.2 Å². The van der Waals surface area contributed by atoms with E-state index in [1.807, 2.05) is 42.5 Å². The molecule has 8 bridgehead atoms. The minimum Gasteiger partial charge on any atom is -0.355 e. The van der Waals surface area contributed by atoms with Gasteiger partial charge in [0.25, 0.3) is 10.2 Å². The maximum absolute atomic E-state index is 9.19. The lowest BCUT2D eigenvalue weighted by atomic mass is 10.3. The van der Waals surface area contributed by atoms with E-state index >= 15 is 0 Å². The van der Waals surface area contributed by atoms with Crippen molar-refractivity contribution < 1.29 is 8.42 Å². The first-order valence-electron chi connectivity index (χ1n) is 8.65. The Morgan fingerprint density at radius 2 is 0.897 bits per heavy atom. The van der Waals surface area contributed by atoms with Gasteiger partial charge in [-0.15, -0.1) is 0 Å². The second-order valence-corrected chi connectivity index (χ2v) is 7.67.